The topological polar surface area (TPSA) is 53.3 Å². The predicted molar refractivity (Wildman–Crippen MR) is 111 cm³/mol. The number of nitrogens with one attached hydrogen (secondary N) is 1. The van der Waals surface area contributed by atoms with Crippen LogP contribution in [0.1, 0.15) is 34.7 Å². The summed E-state index contributed by atoms with van der Waals surface area (Å²) in [4.78, 5) is 6.70. The van der Waals surface area contributed by atoms with Gasteiger partial charge >= 0.3 is 0 Å². The van der Waals surface area contributed by atoms with Crippen molar-refractivity contribution in [2.45, 2.75) is 25.9 Å². The van der Waals surface area contributed by atoms with Crippen molar-refractivity contribution in [1.29, 1.82) is 0 Å². The second kappa shape index (κ2) is 6.70. The lowest BCUT2D eigenvalue weighted by Gasteiger charge is -2.28. The average Bonchev–Trinajstić information content (AvgIpc) is 3.14. The molecule has 1 fully saturated rings. The Bertz CT molecular complexity index is 981. The van der Waals surface area contributed by atoms with Gasteiger partial charge in [0.05, 0.1) is 17.8 Å². The molecule has 5 nitrogen and oxygen atoms in total. The van der Waals surface area contributed by atoms with Gasteiger partial charge in [-0.25, -0.2) is 0 Å². The SMILES string of the molecule is Cc1cc([C@@H]2[C@H](c3ccccn3)NC(=S)N2c2ccc(O)cc2)c(C)n1C. The van der Waals surface area contributed by atoms with Crippen molar-refractivity contribution in [3.8, 4) is 5.75 Å². The molecule has 138 valence electrons. The van der Waals surface area contributed by atoms with Gasteiger partial charge in [0, 0.05) is 30.3 Å². The Morgan fingerprint density at radius 2 is 1.85 bits per heavy atom. The van der Waals surface area contributed by atoms with E-state index in [9.17, 15) is 5.11 Å². The molecule has 1 aliphatic heterocycles. The summed E-state index contributed by atoms with van der Waals surface area (Å²) in [5.41, 5.74) is 5.51. The third kappa shape index (κ3) is 2.96. The molecule has 1 saturated heterocycles. The molecule has 2 aromatic heterocycles. The van der Waals surface area contributed by atoms with E-state index in [1.54, 1.807) is 12.1 Å². The Morgan fingerprint density at radius 1 is 1.11 bits per heavy atom. The van der Waals surface area contributed by atoms with Crippen molar-refractivity contribution in [1.82, 2.24) is 14.9 Å². The minimum Gasteiger partial charge on any atom is -0.508 e. The van der Waals surface area contributed by atoms with E-state index in [4.69, 9.17) is 12.2 Å². The summed E-state index contributed by atoms with van der Waals surface area (Å²) in [6.45, 7) is 4.24. The maximum Gasteiger partial charge on any atom is 0.174 e. The van der Waals surface area contributed by atoms with Gasteiger partial charge in [0.1, 0.15) is 5.75 Å². The van der Waals surface area contributed by atoms with E-state index in [1.165, 1.54) is 17.0 Å². The minimum absolute atomic E-state index is 0.0307. The number of thiocarbonyl (C=S) groups is 1. The van der Waals surface area contributed by atoms with Gasteiger partial charge in [0.15, 0.2) is 5.11 Å². The first-order valence-corrected chi connectivity index (χ1v) is 9.30. The van der Waals surface area contributed by atoms with Crippen molar-refractivity contribution in [2.24, 2.45) is 7.05 Å². The van der Waals surface area contributed by atoms with Crippen LogP contribution in [0.2, 0.25) is 0 Å². The van der Waals surface area contributed by atoms with Gasteiger partial charge in [0.25, 0.3) is 0 Å². The number of nitrogens with zero attached hydrogens (tertiary/aromatic N) is 3. The summed E-state index contributed by atoms with van der Waals surface area (Å²) < 4.78 is 2.20. The number of rotatable bonds is 3. The van der Waals surface area contributed by atoms with E-state index in [0.717, 1.165) is 11.4 Å². The largest absolute Gasteiger partial charge is 0.508 e. The summed E-state index contributed by atoms with van der Waals surface area (Å²) >= 11 is 5.71. The van der Waals surface area contributed by atoms with Crippen molar-refractivity contribution >= 4 is 23.0 Å². The lowest BCUT2D eigenvalue weighted by molar-refractivity contribution is 0.475. The highest BCUT2D eigenvalue weighted by Gasteiger charge is 2.42. The molecule has 0 spiro atoms. The molecule has 3 aromatic rings. The van der Waals surface area contributed by atoms with E-state index >= 15 is 0 Å². The number of hydrogen-bond acceptors (Lipinski definition) is 3. The van der Waals surface area contributed by atoms with Gasteiger partial charge in [0.2, 0.25) is 0 Å². The van der Waals surface area contributed by atoms with Crippen LogP contribution in [0.5, 0.6) is 5.75 Å². The van der Waals surface area contributed by atoms with Crippen LogP contribution in [-0.4, -0.2) is 19.8 Å². The highest BCUT2D eigenvalue weighted by molar-refractivity contribution is 7.80. The van der Waals surface area contributed by atoms with Crippen LogP contribution in [-0.2, 0) is 7.05 Å². The van der Waals surface area contributed by atoms with Gasteiger partial charge < -0.3 is 19.9 Å². The van der Waals surface area contributed by atoms with Crippen LogP contribution in [0.15, 0.2) is 54.7 Å². The fourth-order valence-electron chi connectivity index (χ4n) is 3.75. The number of benzene rings is 1. The van der Waals surface area contributed by atoms with E-state index in [-0.39, 0.29) is 17.8 Å². The maximum atomic E-state index is 9.68. The number of aryl methyl sites for hydroxylation is 1. The van der Waals surface area contributed by atoms with E-state index < -0.39 is 0 Å². The van der Waals surface area contributed by atoms with E-state index in [0.29, 0.717) is 5.11 Å². The highest BCUT2D eigenvalue weighted by Crippen LogP contribution is 2.43. The third-order valence-electron chi connectivity index (χ3n) is 5.36. The molecule has 0 radical (unpaired) electrons. The van der Waals surface area contributed by atoms with Crippen LogP contribution in [0, 0.1) is 13.8 Å². The van der Waals surface area contributed by atoms with E-state index in [2.05, 4.69) is 46.7 Å². The summed E-state index contributed by atoms with van der Waals surface area (Å²) in [5, 5.41) is 13.8. The molecule has 27 heavy (non-hydrogen) atoms. The minimum atomic E-state index is -0.0620. The Balaban J connectivity index is 1.87. The number of phenols is 1. The fraction of sp³-hybridized carbons (Fsp3) is 0.238. The number of phenolic OH excluding ortho intramolecular Hbond substituents is 1. The standard InChI is InChI=1S/C21H22N4OS/c1-13-12-17(14(2)24(13)3)20-19(18-6-4-5-11-22-18)23-21(27)25(20)15-7-9-16(26)10-8-15/h4-12,19-20,26H,1-3H3,(H,23,27)/t19-,20+/m0/s1. The molecular formula is C21H22N4OS. The zero-order chi connectivity index (χ0) is 19.1. The van der Waals surface area contributed by atoms with Crippen molar-refractivity contribution in [3.63, 3.8) is 0 Å². The Labute approximate surface area is 164 Å². The lowest BCUT2D eigenvalue weighted by Crippen LogP contribution is -2.29. The summed E-state index contributed by atoms with van der Waals surface area (Å²) in [5.74, 6) is 0.237. The molecule has 2 N–H and O–H groups in total. The second-order valence-corrected chi connectivity index (χ2v) is 7.29. The number of anilines is 1. The van der Waals surface area contributed by atoms with Gasteiger partial charge in [-0.3, -0.25) is 4.98 Å². The number of hydrogen-bond donors (Lipinski definition) is 2. The first-order chi connectivity index (χ1) is 13.0. The normalized spacial score (nSPS) is 19.4. The van der Waals surface area contributed by atoms with Gasteiger partial charge in [-0.2, -0.15) is 0 Å². The first kappa shape index (κ1) is 17.5. The molecule has 0 saturated carbocycles. The number of aromatic nitrogens is 2. The quantitative estimate of drug-likeness (QED) is 0.677. The van der Waals surface area contributed by atoms with Crippen LogP contribution in [0.3, 0.4) is 0 Å². The molecule has 2 atom stereocenters. The third-order valence-corrected chi connectivity index (χ3v) is 5.67. The van der Waals surface area contributed by atoms with Crippen LogP contribution >= 0.6 is 12.2 Å². The molecule has 1 aliphatic rings. The predicted octanol–water partition coefficient (Wildman–Crippen LogP) is 3.92. The number of pyridine rings is 1. The van der Waals surface area contributed by atoms with Crippen LogP contribution in [0.4, 0.5) is 5.69 Å². The molecule has 4 rings (SSSR count). The van der Waals surface area contributed by atoms with E-state index in [1.807, 2.05) is 36.5 Å². The summed E-state index contributed by atoms with van der Waals surface area (Å²) in [6.07, 6.45) is 1.81. The van der Waals surface area contributed by atoms with Crippen molar-refractivity contribution < 1.29 is 5.11 Å². The monoisotopic (exact) mass is 378 g/mol. The molecule has 1 aromatic carbocycles. The molecule has 3 heterocycles. The van der Waals surface area contributed by atoms with Crippen LogP contribution in [0.25, 0.3) is 0 Å². The molecule has 0 unspecified atom stereocenters. The summed E-state index contributed by atoms with van der Waals surface area (Å²) in [7, 11) is 2.08. The fourth-order valence-corrected chi connectivity index (χ4v) is 4.09. The highest BCUT2D eigenvalue weighted by atomic mass is 32.1. The maximum absolute atomic E-state index is 9.68. The Hall–Kier alpha value is -2.86. The van der Waals surface area contributed by atoms with Gasteiger partial charge in [-0.05, 0) is 74.1 Å². The van der Waals surface area contributed by atoms with Crippen molar-refractivity contribution in [3.05, 3.63) is 77.4 Å². The zero-order valence-corrected chi connectivity index (χ0v) is 16.4. The molecule has 0 bridgehead atoms. The van der Waals surface area contributed by atoms with Gasteiger partial charge in [-0.15, -0.1) is 0 Å². The van der Waals surface area contributed by atoms with Crippen LogP contribution < -0.4 is 10.2 Å². The smallest absolute Gasteiger partial charge is 0.174 e. The molecule has 6 heteroatoms. The first-order valence-electron chi connectivity index (χ1n) is 8.90. The lowest BCUT2D eigenvalue weighted by atomic mass is 9.96. The molecule has 0 aliphatic carbocycles. The Morgan fingerprint density at radius 3 is 2.44 bits per heavy atom. The van der Waals surface area contributed by atoms with Crippen molar-refractivity contribution in [2.75, 3.05) is 4.90 Å². The second-order valence-electron chi connectivity index (χ2n) is 6.90. The molecular weight excluding hydrogens is 356 g/mol. The zero-order valence-electron chi connectivity index (χ0n) is 15.5. The van der Waals surface area contributed by atoms with Gasteiger partial charge in [-0.1, -0.05) is 6.07 Å². The number of aromatic hydroxyl groups is 1. The average molecular weight is 379 g/mol. The summed E-state index contributed by atoms with van der Waals surface area (Å²) in [6, 6.07) is 15.2. The Kier molecular flexibility index (Phi) is 4.36. The molecule has 0 amide bonds.